The first-order chi connectivity index (χ1) is 13.6. The van der Waals surface area contributed by atoms with E-state index in [0.717, 1.165) is 0 Å². The molecule has 1 aliphatic rings. The lowest BCUT2D eigenvalue weighted by Crippen LogP contribution is -2.17. The van der Waals surface area contributed by atoms with Gasteiger partial charge in [0.2, 0.25) is 0 Å². The van der Waals surface area contributed by atoms with Crippen LogP contribution in [0, 0.1) is 11.3 Å². The Hall–Kier alpha value is -3.11. The first kappa shape index (κ1) is 19.6. The highest BCUT2D eigenvalue weighted by atomic mass is 35.5. The molecular formula is C20H18ClNO6. The van der Waals surface area contributed by atoms with Gasteiger partial charge in [-0.2, -0.15) is 5.26 Å². The number of carbonyl (C=O) groups excluding carboxylic acids is 1. The third kappa shape index (κ3) is 4.78. The van der Waals surface area contributed by atoms with Gasteiger partial charge in [0.1, 0.15) is 19.8 Å². The second-order valence-corrected chi connectivity index (χ2v) is 6.16. The van der Waals surface area contributed by atoms with E-state index >= 15 is 0 Å². The number of nitriles is 1. The normalized spacial score (nSPS) is 12.0. The van der Waals surface area contributed by atoms with Crippen LogP contribution in [0.25, 0.3) is 0 Å². The van der Waals surface area contributed by atoms with E-state index in [1.807, 2.05) is 13.0 Å². The minimum absolute atomic E-state index is 0.0181. The molecule has 2 aromatic carbocycles. The second kappa shape index (κ2) is 9.20. The third-order valence-corrected chi connectivity index (χ3v) is 4.06. The zero-order chi connectivity index (χ0) is 19.9. The van der Waals surface area contributed by atoms with Crippen LogP contribution in [-0.4, -0.2) is 32.4 Å². The molecule has 0 N–H and O–H groups in total. The molecule has 1 aliphatic heterocycles. The molecule has 0 amide bonds. The predicted molar refractivity (Wildman–Crippen MR) is 100 cm³/mol. The molecular weight excluding hydrogens is 386 g/mol. The van der Waals surface area contributed by atoms with Gasteiger partial charge in [-0.3, -0.25) is 0 Å². The monoisotopic (exact) mass is 403 g/mol. The molecule has 146 valence electrons. The molecule has 8 heteroatoms. The molecule has 0 radical (unpaired) electrons. The Morgan fingerprint density at radius 2 is 2.00 bits per heavy atom. The van der Waals surface area contributed by atoms with Crippen molar-refractivity contribution in [2.75, 3.05) is 26.4 Å². The average molecular weight is 404 g/mol. The quantitative estimate of drug-likeness (QED) is 0.654. The molecule has 1 heterocycles. The highest BCUT2D eigenvalue weighted by Gasteiger charge is 2.17. The highest BCUT2D eigenvalue weighted by molar-refractivity contribution is 6.32. The van der Waals surface area contributed by atoms with Gasteiger partial charge in [0.05, 0.1) is 23.3 Å². The molecule has 0 saturated heterocycles. The van der Waals surface area contributed by atoms with Crippen LogP contribution >= 0.6 is 11.6 Å². The molecule has 2 aromatic rings. The number of esters is 1. The summed E-state index contributed by atoms with van der Waals surface area (Å²) in [5, 5.41) is 9.37. The maximum atomic E-state index is 12.0. The van der Waals surface area contributed by atoms with E-state index in [4.69, 9.17) is 40.5 Å². The van der Waals surface area contributed by atoms with Gasteiger partial charge in [0.25, 0.3) is 0 Å². The zero-order valence-corrected chi connectivity index (χ0v) is 16.0. The Morgan fingerprint density at radius 1 is 1.18 bits per heavy atom. The van der Waals surface area contributed by atoms with Crippen molar-refractivity contribution < 1.29 is 28.5 Å². The first-order valence-electron chi connectivity index (χ1n) is 8.64. The second-order valence-electron chi connectivity index (χ2n) is 5.76. The highest BCUT2D eigenvalue weighted by Crippen LogP contribution is 2.38. The van der Waals surface area contributed by atoms with Gasteiger partial charge in [-0.15, -0.1) is 0 Å². The fourth-order valence-electron chi connectivity index (χ4n) is 2.55. The molecule has 28 heavy (non-hydrogen) atoms. The number of hydrogen-bond donors (Lipinski definition) is 0. The molecule has 0 saturated carbocycles. The van der Waals surface area contributed by atoms with Crippen LogP contribution in [0.15, 0.2) is 30.3 Å². The number of rotatable bonds is 7. The maximum Gasteiger partial charge on any atom is 0.344 e. The number of nitrogens with zero attached hydrogens (tertiary/aromatic N) is 1. The van der Waals surface area contributed by atoms with Crippen molar-refractivity contribution in [3.63, 3.8) is 0 Å². The molecule has 0 atom stereocenters. The summed E-state index contributed by atoms with van der Waals surface area (Å²) in [6.45, 7) is 2.81. The van der Waals surface area contributed by atoms with Crippen LogP contribution in [0.4, 0.5) is 0 Å². The smallest absolute Gasteiger partial charge is 0.344 e. The van der Waals surface area contributed by atoms with Gasteiger partial charge in [-0.05, 0) is 36.8 Å². The van der Waals surface area contributed by atoms with E-state index in [2.05, 4.69) is 0 Å². The lowest BCUT2D eigenvalue weighted by molar-refractivity contribution is -0.147. The molecule has 3 rings (SSSR count). The summed E-state index contributed by atoms with van der Waals surface area (Å²) in [7, 11) is 0. The fourth-order valence-corrected chi connectivity index (χ4v) is 2.84. The van der Waals surface area contributed by atoms with Crippen LogP contribution < -0.4 is 18.9 Å². The fraction of sp³-hybridized carbons (Fsp3) is 0.300. The number of ether oxygens (including phenoxy) is 5. The van der Waals surface area contributed by atoms with Crippen molar-refractivity contribution in [3.05, 3.63) is 46.5 Å². The molecule has 0 bridgehead atoms. The molecule has 0 unspecified atom stereocenters. The number of hydrogen-bond acceptors (Lipinski definition) is 7. The summed E-state index contributed by atoms with van der Waals surface area (Å²) in [5.74, 6) is 1.22. The van der Waals surface area contributed by atoms with E-state index in [0.29, 0.717) is 59.0 Å². The average Bonchev–Trinajstić information content (AvgIpc) is 2.71. The standard InChI is InChI=1S/C20H18ClNO6/c1-2-24-17-8-13(10-22)3-4-16(17)27-12-19(23)28-11-14-7-15(21)20-18(9-14)25-5-6-26-20/h3-4,7-9H,2,5-6,11-12H2,1H3. The van der Waals surface area contributed by atoms with Crippen molar-refractivity contribution in [2.45, 2.75) is 13.5 Å². The SMILES string of the molecule is CCOc1cc(C#N)ccc1OCC(=O)OCc1cc(Cl)c2c(c1)OCCO2. The third-order valence-electron chi connectivity index (χ3n) is 3.77. The molecule has 7 nitrogen and oxygen atoms in total. The minimum Gasteiger partial charge on any atom is -0.490 e. The predicted octanol–water partition coefficient (Wildman–Crippen LogP) is 3.50. The van der Waals surface area contributed by atoms with Crippen LogP contribution in [0.5, 0.6) is 23.0 Å². The number of benzene rings is 2. The largest absolute Gasteiger partial charge is 0.490 e. The van der Waals surface area contributed by atoms with E-state index in [9.17, 15) is 4.79 Å². The molecule has 0 aromatic heterocycles. The zero-order valence-electron chi connectivity index (χ0n) is 15.2. The molecule has 0 fully saturated rings. The van der Waals surface area contributed by atoms with Gasteiger partial charge in [0.15, 0.2) is 29.6 Å². The van der Waals surface area contributed by atoms with Gasteiger partial charge in [-0.25, -0.2) is 4.79 Å². The van der Waals surface area contributed by atoms with Crippen LogP contribution in [0.3, 0.4) is 0 Å². The van der Waals surface area contributed by atoms with Gasteiger partial charge < -0.3 is 23.7 Å². The Morgan fingerprint density at radius 3 is 2.79 bits per heavy atom. The van der Waals surface area contributed by atoms with E-state index < -0.39 is 5.97 Å². The summed E-state index contributed by atoms with van der Waals surface area (Å²) in [6, 6.07) is 10.1. The Labute approximate surface area is 167 Å². The Kier molecular flexibility index (Phi) is 6.45. The van der Waals surface area contributed by atoms with Crippen LogP contribution in [-0.2, 0) is 16.1 Å². The summed E-state index contributed by atoms with van der Waals surface area (Å²) in [4.78, 5) is 12.0. The van der Waals surface area contributed by atoms with Crippen molar-refractivity contribution in [3.8, 4) is 29.1 Å². The van der Waals surface area contributed by atoms with Crippen molar-refractivity contribution in [2.24, 2.45) is 0 Å². The van der Waals surface area contributed by atoms with Gasteiger partial charge in [0, 0.05) is 6.07 Å². The van der Waals surface area contributed by atoms with Crippen molar-refractivity contribution >= 4 is 17.6 Å². The van der Waals surface area contributed by atoms with E-state index in [-0.39, 0.29) is 13.2 Å². The Bertz CT molecular complexity index is 908. The molecule has 0 spiro atoms. The topological polar surface area (TPSA) is 87.0 Å². The number of halogens is 1. The van der Waals surface area contributed by atoms with Gasteiger partial charge >= 0.3 is 5.97 Å². The number of fused-ring (bicyclic) bond motifs is 1. The van der Waals surface area contributed by atoms with Crippen molar-refractivity contribution in [1.82, 2.24) is 0 Å². The van der Waals surface area contributed by atoms with E-state index in [1.54, 1.807) is 30.3 Å². The minimum atomic E-state index is -0.558. The lowest BCUT2D eigenvalue weighted by Gasteiger charge is -2.20. The van der Waals surface area contributed by atoms with Crippen LogP contribution in [0.2, 0.25) is 5.02 Å². The summed E-state index contributed by atoms with van der Waals surface area (Å²) < 4.78 is 27.1. The molecule has 0 aliphatic carbocycles. The van der Waals surface area contributed by atoms with Gasteiger partial charge in [-0.1, -0.05) is 11.6 Å². The number of carbonyl (C=O) groups is 1. The summed E-state index contributed by atoms with van der Waals surface area (Å²) >= 11 is 6.17. The van der Waals surface area contributed by atoms with Crippen molar-refractivity contribution in [1.29, 1.82) is 5.26 Å². The summed E-state index contributed by atoms with van der Waals surface area (Å²) in [5.41, 5.74) is 1.12. The lowest BCUT2D eigenvalue weighted by atomic mass is 10.2. The van der Waals surface area contributed by atoms with Crippen LogP contribution in [0.1, 0.15) is 18.1 Å². The Balaban J connectivity index is 1.57. The first-order valence-corrected chi connectivity index (χ1v) is 9.02. The van der Waals surface area contributed by atoms with E-state index in [1.165, 1.54) is 0 Å². The maximum absolute atomic E-state index is 12.0. The summed E-state index contributed by atoms with van der Waals surface area (Å²) in [6.07, 6.45) is 0.